The summed E-state index contributed by atoms with van der Waals surface area (Å²) in [7, 11) is 3.98. The van der Waals surface area contributed by atoms with Crippen molar-refractivity contribution < 1.29 is 9.47 Å². The lowest BCUT2D eigenvalue weighted by molar-refractivity contribution is 0.0264. The van der Waals surface area contributed by atoms with Crippen LogP contribution in [0.3, 0.4) is 0 Å². The number of guanidine groups is 1. The minimum absolute atomic E-state index is 0.545. The highest BCUT2D eigenvalue weighted by Crippen LogP contribution is 2.20. The molecule has 0 aromatic carbocycles. The molecule has 24 heavy (non-hydrogen) atoms. The maximum absolute atomic E-state index is 5.98. The zero-order chi connectivity index (χ0) is 17.0. The summed E-state index contributed by atoms with van der Waals surface area (Å²) in [6, 6.07) is 0. The molecule has 0 spiro atoms. The van der Waals surface area contributed by atoms with E-state index in [9.17, 15) is 0 Å². The Morgan fingerprint density at radius 3 is 2.71 bits per heavy atom. The highest BCUT2D eigenvalue weighted by atomic mass is 16.5. The van der Waals surface area contributed by atoms with E-state index in [2.05, 4.69) is 22.3 Å². The smallest absolute Gasteiger partial charge is 0.193 e. The van der Waals surface area contributed by atoms with Gasteiger partial charge in [0.05, 0.1) is 12.7 Å². The molecule has 2 fully saturated rings. The Balaban J connectivity index is 1.47. The molecular weight excluding hydrogens is 302 g/mol. The van der Waals surface area contributed by atoms with Gasteiger partial charge in [-0.2, -0.15) is 0 Å². The molecule has 2 rings (SSSR count). The van der Waals surface area contributed by atoms with Crippen LogP contribution < -0.4 is 5.32 Å². The van der Waals surface area contributed by atoms with Gasteiger partial charge in [0.15, 0.2) is 5.96 Å². The standard InChI is InChI=1S/C19H37N3O2/c1-20-19(22(2)15-17-11-14-23-16-17)21-12-7-4-8-13-24-18-9-5-3-6-10-18/h17-18H,3-16H2,1-2H3,(H,20,21). The van der Waals surface area contributed by atoms with Crippen molar-refractivity contribution in [1.82, 2.24) is 10.2 Å². The average molecular weight is 340 g/mol. The number of nitrogens with one attached hydrogen (secondary N) is 1. The van der Waals surface area contributed by atoms with Gasteiger partial charge in [0, 0.05) is 46.3 Å². The lowest BCUT2D eigenvalue weighted by Crippen LogP contribution is -2.41. The molecule has 1 N–H and O–H groups in total. The second kappa shape index (κ2) is 11.7. The van der Waals surface area contributed by atoms with Gasteiger partial charge >= 0.3 is 0 Å². The van der Waals surface area contributed by atoms with Crippen LogP contribution in [0.15, 0.2) is 4.99 Å². The van der Waals surface area contributed by atoms with Crippen molar-refractivity contribution in [3.05, 3.63) is 0 Å². The van der Waals surface area contributed by atoms with Gasteiger partial charge in [-0.1, -0.05) is 19.3 Å². The van der Waals surface area contributed by atoms with Crippen molar-refractivity contribution in [2.75, 3.05) is 47.0 Å². The van der Waals surface area contributed by atoms with Crippen LogP contribution >= 0.6 is 0 Å². The zero-order valence-electron chi connectivity index (χ0n) is 15.8. The summed E-state index contributed by atoms with van der Waals surface area (Å²) >= 11 is 0. The second-order valence-electron chi connectivity index (χ2n) is 7.28. The first-order valence-electron chi connectivity index (χ1n) is 9.90. The number of ether oxygens (including phenoxy) is 2. The van der Waals surface area contributed by atoms with Crippen LogP contribution in [-0.4, -0.2) is 64.0 Å². The van der Waals surface area contributed by atoms with E-state index in [4.69, 9.17) is 9.47 Å². The van der Waals surface area contributed by atoms with Crippen molar-refractivity contribution in [3.8, 4) is 0 Å². The number of nitrogens with zero attached hydrogens (tertiary/aromatic N) is 2. The summed E-state index contributed by atoms with van der Waals surface area (Å²) < 4.78 is 11.4. The highest BCUT2D eigenvalue weighted by molar-refractivity contribution is 5.79. The van der Waals surface area contributed by atoms with E-state index in [1.807, 2.05) is 7.05 Å². The van der Waals surface area contributed by atoms with Crippen molar-refractivity contribution in [3.63, 3.8) is 0 Å². The summed E-state index contributed by atoms with van der Waals surface area (Å²) in [5, 5.41) is 3.48. The van der Waals surface area contributed by atoms with Crippen molar-refractivity contribution in [2.45, 2.75) is 63.9 Å². The fourth-order valence-electron chi connectivity index (χ4n) is 3.67. The van der Waals surface area contributed by atoms with Crippen molar-refractivity contribution in [1.29, 1.82) is 0 Å². The molecule has 2 aliphatic rings. The fraction of sp³-hybridized carbons (Fsp3) is 0.947. The average Bonchev–Trinajstić information content (AvgIpc) is 3.11. The van der Waals surface area contributed by atoms with E-state index in [0.29, 0.717) is 12.0 Å². The largest absolute Gasteiger partial charge is 0.381 e. The van der Waals surface area contributed by atoms with E-state index in [-0.39, 0.29) is 0 Å². The first-order valence-corrected chi connectivity index (χ1v) is 9.90. The molecule has 0 aromatic rings. The number of hydrogen-bond donors (Lipinski definition) is 1. The SMILES string of the molecule is CN=C(NCCCCCOC1CCCCC1)N(C)CC1CCOC1. The van der Waals surface area contributed by atoms with Gasteiger partial charge in [-0.25, -0.2) is 0 Å². The Kier molecular flexibility index (Phi) is 9.51. The number of aliphatic imine (C=N–C) groups is 1. The molecule has 0 amide bonds. The number of unbranched alkanes of at least 4 members (excludes halogenated alkanes) is 2. The highest BCUT2D eigenvalue weighted by Gasteiger charge is 2.18. The topological polar surface area (TPSA) is 46.1 Å². The molecule has 1 atom stereocenters. The first-order chi connectivity index (χ1) is 11.8. The third kappa shape index (κ3) is 7.39. The van der Waals surface area contributed by atoms with Gasteiger partial charge in [0.2, 0.25) is 0 Å². The van der Waals surface area contributed by atoms with E-state index < -0.39 is 0 Å². The maximum atomic E-state index is 5.98. The quantitative estimate of drug-likeness (QED) is 0.398. The Hall–Kier alpha value is -0.810. The van der Waals surface area contributed by atoms with E-state index in [1.165, 1.54) is 57.8 Å². The van der Waals surface area contributed by atoms with Crippen LogP contribution in [0.25, 0.3) is 0 Å². The minimum atomic E-state index is 0.545. The second-order valence-corrected chi connectivity index (χ2v) is 7.28. The third-order valence-electron chi connectivity index (χ3n) is 5.14. The molecule has 5 nitrogen and oxygen atoms in total. The maximum Gasteiger partial charge on any atom is 0.193 e. The lowest BCUT2D eigenvalue weighted by Gasteiger charge is -2.24. The summed E-state index contributed by atoms with van der Waals surface area (Å²) in [5.74, 6) is 1.64. The molecule has 140 valence electrons. The molecule has 0 bridgehead atoms. The minimum Gasteiger partial charge on any atom is -0.381 e. The van der Waals surface area contributed by atoms with E-state index in [0.717, 1.165) is 38.9 Å². The fourth-order valence-corrected chi connectivity index (χ4v) is 3.67. The van der Waals surface area contributed by atoms with Crippen molar-refractivity contribution >= 4 is 5.96 Å². The van der Waals surface area contributed by atoms with Gasteiger partial charge in [-0.15, -0.1) is 0 Å². The summed E-state index contributed by atoms with van der Waals surface area (Å²) in [6.45, 7) is 4.74. The number of rotatable bonds is 9. The van der Waals surface area contributed by atoms with E-state index in [1.54, 1.807) is 0 Å². The van der Waals surface area contributed by atoms with Gasteiger partial charge in [0.25, 0.3) is 0 Å². The van der Waals surface area contributed by atoms with Gasteiger partial charge in [-0.3, -0.25) is 4.99 Å². The van der Waals surface area contributed by atoms with Gasteiger partial charge in [0.1, 0.15) is 0 Å². The summed E-state index contributed by atoms with van der Waals surface area (Å²) in [6.07, 6.45) is 11.9. The predicted octanol–water partition coefficient (Wildman–Crippen LogP) is 3.05. The third-order valence-corrected chi connectivity index (χ3v) is 5.14. The first kappa shape index (κ1) is 19.5. The Labute approximate surface area is 148 Å². The number of hydrogen-bond acceptors (Lipinski definition) is 3. The molecule has 1 saturated carbocycles. The molecule has 1 aliphatic heterocycles. The van der Waals surface area contributed by atoms with Gasteiger partial charge in [-0.05, 0) is 38.5 Å². The molecule has 1 heterocycles. The Morgan fingerprint density at radius 1 is 1.17 bits per heavy atom. The van der Waals surface area contributed by atoms with E-state index >= 15 is 0 Å². The Morgan fingerprint density at radius 2 is 2.00 bits per heavy atom. The Bertz CT molecular complexity index is 351. The molecule has 1 aliphatic carbocycles. The lowest BCUT2D eigenvalue weighted by atomic mass is 9.98. The molecule has 0 aromatic heterocycles. The zero-order valence-corrected chi connectivity index (χ0v) is 15.8. The summed E-state index contributed by atoms with van der Waals surface area (Å²) in [4.78, 5) is 6.62. The van der Waals surface area contributed by atoms with Crippen LogP contribution in [0.2, 0.25) is 0 Å². The molecular formula is C19H37N3O2. The molecule has 5 heteroatoms. The molecule has 1 saturated heterocycles. The molecule has 0 radical (unpaired) electrons. The normalized spacial score (nSPS) is 22.8. The predicted molar refractivity (Wildman–Crippen MR) is 99.6 cm³/mol. The summed E-state index contributed by atoms with van der Waals surface area (Å²) in [5.41, 5.74) is 0. The van der Waals surface area contributed by atoms with Crippen LogP contribution in [-0.2, 0) is 9.47 Å². The van der Waals surface area contributed by atoms with Crippen LogP contribution in [0, 0.1) is 5.92 Å². The van der Waals surface area contributed by atoms with Crippen LogP contribution in [0.5, 0.6) is 0 Å². The van der Waals surface area contributed by atoms with Crippen LogP contribution in [0.1, 0.15) is 57.8 Å². The van der Waals surface area contributed by atoms with Crippen LogP contribution in [0.4, 0.5) is 0 Å². The molecule has 1 unspecified atom stereocenters. The monoisotopic (exact) mass is 339 g/mol. The van der Waals surface area contributed by atoms with Gasteiger partial charge < -0.3 is 19.7 Å². The van der Waals surface area contributed by atoms with Crippen molar-refractivity contribution in [2.24, 2.45) is 10.9 Å².